The first-order valence-electron chi connectivity index (χ1n) is 5.60. The lowest BCUT2D eigenvalue weighted by Gasteiger charge is -2.03. The highest BCUT2D eigenvalue weighted by atomic mass is 16.1. The van der Waals surface area contributed by atoms with E-state index < -0.39 is 5.91 Å². The summed E-state index contributed by atoms with van der Waals surface area (Å²) in [6.07, 6.45) is 6.40. The molecule has 0 saturated heterocycles. The number of nitrogens with zero attached hydrogens (tertiary/aromatic N) is 1. The van der Waals surface area contributed by atoms with Gasteiger partial charge >= 0.3 is 0 Å². The van der Waals surface area contributed by atoms with E-state index in [1.807, 2.05) is 6.07 Å². The Morgan fingerprint density at radius 2 is 2.24 bits per heavy atom. The molecule has 4 heteroatoms. The maximum Gasteiger partial charge on any atom is 0.241 e. The van der Waals surface area contributed by atoms with Crippen molar-refractivity contribution in [3.63, 3.8) is 0 Å². The highest BCUT2D eigenvalue weighted by Gasteiger charge is 2.02. The van der Waals surface area contributed by atoms with Crippen molar-refractivity contribution in [2.75, 3.05) is 0 Å². The van der Waals surface area contributed by atoms with Crippen LogP contribution in [-0.2, 0) is 11.2 Å². The number of hydrogen-bond acceptors (Lipinski definition) is 3. The fourth-order valence-electron chi connectivity index (χ4n) is 1.42. The van der Waals surface area contributed by atoms with E-state index in [9.17, 15) is 9.59 Å². The second-order valence-corrected chi connectivity index (χ2v) is 3.73. The minimum Gasteiger partial charge on any atom is -0.366 e. The van der Waals surface area contributed by atoms with Gasteiger partial charge in [0.2, 0.25) is 5.91 Å². The molecule has 0 unspecified atom stereocenters. The molecule has 1 amide bonds. The van der Waals surface area contributed by atoms with Gasteiger partial charge in [0.1, 0.15) is 0 Å². The fraction of sp³-hybridized carbons (Fsp3) is 0.308. The lowest BCUT2D eigenvalue weighted by molar-refractivity contribution is -0.113. The Labute approximate surface area is 101 Å². The number of hydrogen-bond donors (Lipinski definition) is 1. The Kier molecular flexibility index (Phi) is 5.07. The monoisotopic (exact) mass is 232 g/mol. The van der Waals surface area contributed by atoms with Crippen molar-refractivity contribution in [2.24, 2.45) is 5.73 Å². The van der Waals surface area contributed by atoms with E-state index in [-0.39, 0.29) is 0 Å². The molecule has 0 aliphatic carbocycles. The van der Waals surface area contributed by atoms with Gasteiger partial charge in [-0.15, -0.1) is 0 Å². The van der Waals surface area contributed by atoms with Crippen LogP contribution in [-0.4, -0.2) is 17.2 Å². The van der Waals surface area contributed by atoms with E-state index in [4.69, 9.17) is 5.73 Å². The molecule has 0 bridgehead atoms. The highest BCUT2D eigenvalue weighted by molar-refractivity contribution is 5.91. The minimum atomic E-state index is -0.553. The van der Waals surface area contributed by atoms with Crippen molar-refractivity contribution in [3.8, 4) is 0 Å². The first kappa shape index (κ1) is 13.1. The van der Waals surface area contributed by atoms with Gasteiger partial charge in [0.05, 0.1) is 5.69 Å². The third-order valence-corrected chi connectivity index (χ3v) is 2.33. The number of pyridine rings is 1. The van der Waals surface area contributed by atoms with Crippen LogP contribution >= 0.6 is 0 Å². The summed E-state index contributed by atoms with van der Waals surface area (Å²) in [5.74, 6) is -0.553. The molecule has 0 aromatic carbocycles. The lowest BCUT2D eigenvalue weighted by atomic mass is 10.1. The van der Waals surface area contributed by atoms with Gasteiger partial charge in [-0.1, -0.05) is 13.3 Å². The van der Waals surface area contributed by atoms with E-state index in [0.717, 1.165) is 31.2 Å². The summed E-state index contributed by atoms with van der Waals surface area (Å²) in [5, 5.41) is 0. The molecule has 0 atom stereocenters. The molecule has 1 aromatic heterocycles. The van der Waals surface area contributed by atoms with E-state index in [1.165, 1.54) is 12.2 Å². The van der Waals surface area contributed by atoms with E-state index in [0.29, 0.717) is 11.3 Å². The molecular weight excluding hydrogens is 216 g/mol. The van der Waals surface area contributed by atoms with Crippen LogP contribution in [0, 0.1) is 0 Å². The number of carbonyl (C=O) groups excluding carboxylic acids is 2. The summed E-state index contributed by atoms with van der Waals surface area (Å²) in [4.78, 5) is 25.8. The van der Waals surface area contributed by atoms with Gasteiger partial charge in [0, 0.05) is 17.3 Å². The number of rotatable bonds is 6. The van der Waals surface area contributed by atoms with Crippen molar-refractivity contribution in [2.45, 2.75) is 26.2 Å². The van der Waals surface area contributed by atoms with Crippen molar-refractivity contribution in [3.05, 3.63) is 35.2 Å². The molecule has 1 heterocycles. The highest BCUT2D eigenvalue weighted by Crippen LogP contribution is 2.10. The Bertz CT molecular complexity index is 439. The number of nitrogens with two attached hydrogens (primary N) is 1. The largest absolute Gasteiger partial charge is 0.366 e. The van der Waals surface area contributed by atoms with Gasteiger partial charge in [-0.25, -0.2) is 0 Å². The summed E-state index contributed by atoms with van der Waals surface area (Å²) in [6, 6.07) is 3.55. The van der Waals surface area contributed by atoms with Crippen LogP contribution in [0.15, 0.2) is 18.2 Å². The normalized spacial score (nSPS) is 10.6. The summed E-state index contributed by atoms with van der Waals surface area (Å²) < 4.78 is 0. The van der Waals surface area contributed by atoms with Crippen molar-refractivity contribution in [1.82, 2.24) is 4.98 Å². The topological polar surface area (TPSA) is 73.1 Å². The van der Waals surface area contributed by atoms with Gasteiger partial charge in [0.25, 0.3) is 0 Å². The van der Waals surface area contributed by atoms with E-state index in [2.05, 4.69) is 11.9 Å². The number of primary amides is 1. The predicted octanol–water partition coefficient (Wildman–Crippen LogP) is 1.74. The van der Waals surface area contributed by atoms with Crippen LogP contribution in [0.3, 0.4) is 0 Å². The number of carbonyl (C=O) groups is 2. The Balaban J connectivity index is 2.97. The zero-order valence-corrected chi connectivity index (χ0v) is 9.85. The molecule has 1 rings (SSSR count). The van der Waals surface area contributed by atoms with Gasteiger partial charge < -0.3 is 5.73 Å². The maximum atomic E-state index is 10.8. The Morgan fingerprint density at radius 3 is 2.82 bits per heavy atom. The molecule has 90 valence electrons. The zero-order valence-electron chi connectivity index (χ0n) is 9.85. The van der Waals surface area contributed by atoms with E-state index in [1.54, 1.807) is 6.07 Å². The number of aromatic nitrogens is 1. The SMILES string of the molecule is CCCCc1ccc(C=O)c(/C=C/C(N)=O)n1. The minimum absolute atomic E-state index is 0.461. The molecule has 0 aliphatic heterocycles. The number of aldehydes is 1. The molecule has 1 aromatic rings. The molecular formula is C13H16N2O2. The molecule has 0 aliphatic rings. The first-order chi connectivity index (χ1) is 8.17. The van der Waals surface area contributed by atoms with Crippen LogP contribution in [0.25, 0.3) is 6.08 Å². The Morgan fingerprint density at radius 1 is 1.47 bits per heavy atom. The van der Waals surface area contributed by atoms with Crippen LogP contribution in [0.5, 0.6) is 0 Å². The predicted molar refractivity (Wildman–Crippen MR) is 66.5 cm³/mol. The second-order valence-electron chi connectivity index (χ2n) is 3.73. The van der Waals surface area contributed by atoms with E-state index >= 15 is 0 Å². The smallest absolute Gasteiger partial charge is 0.241 e. The lowest BCUT2D eigenvalue weighted by Crippen LogP contribution is -2.06. The fourth-order valence-corrected chi connectivity index (χ4v) is 1.42. The van der Waals surface area contributed by atoms with Gasteiger partial charge in [-0.2, -0.15) is 0 Å². The van der Waals surface area contributed by atoms with Crippen LogP contribution in [0.2, 0.25) is 0 Å². The first-order valence-corrected chi connectivity index (χ1v) is 5.60. The van der Waals surface area contributed by atoms with Crippen molar-refractivity contribution in [1.29, 1.82) is 0 Å². The van der Waals surface area contributed by atoms with Crippen LogP contribution < -0.4 is 5.73 Å². The van der Waals surface area contributed by atoms with Crippen molar-refractivity contribution >= 4 is 18.3 Å². The zero-order chi connectivity index (χ0) is 12.7. The summed E-state index contributed by atoms with van der Waals surface area (Å²) in [5.41, 5.74) is 6.88. The summed E-state index contributed by atoms with van der Waals surface area (Å²) in [6.45, 7) is 2.10. The number of aryl methyl sites for hydroxylation is 1. The maximum absolute atomic E-state index is 10.8. The number of amides is 1. The molecule has 0 fully saturated rings. The molecule has 0 radical (unpaired) electrons. The van der Waals surface area contributed by atoms with Crippen LogP contribution in [0.4, 0.5) is 0 Å². The van der Waals surface area contributed by atoms with Gasteiger partial charge in [-0.05, 0) is 31.1 Å². The molecule has 2 N–H and O–H groups in total. The number of unbranched alkanes of at least 4 members (excludes halogenated alkanes) is 1. The Hall–Kier alpha value is -1.97. The molecule has 0 saturated carbocycles. The summed E-state index contributed by atoms with van der Waals surface area (Å²) >= 11 is 0. The summed E-state index contributed by atoms with van der Waals surface area (Å²) in [7, 11) is 0. The molecule has 4 nitrogen and oxygen atoms in total. The third kappa shape index (κ3) is 4.18. The average molecular weight is 232 g/mol. The second kappa shape index (κ2) is 6.58. The quantitative estimate of drug-likeness (QED) is 0.599. The van der Waals surface area contributed by atoms with Crippen molar-refractivity contribution < 1.29 is 9.59 Å². The van der Waals surface area contributed by atoms with Gasteiger partial charge in [0.15, 0.2) is 6.29 Å². The van der Waals surface area contributed by atoms with Gasteiger partial charge in [-0.3, -0.25) is 14.6 Å². The average Bonchev–Trinajstić information content (AvgIpc) is 2.33. The standard InChI is InChI=1S/C13H16N2O2/c1-2-3-4-11-6-5-10(9-16)12(15-11)7-8-13(14)17/h5-9H,2-4H2,1H3,(H2,14,17)/b8-7+. The van der Waals surface area contributed by atoms with Crippen LogP contribution in [0.1, 0.15) is 41.5 Å². The molecule has 0 spiro atoms. The molecule has 17 heavy (non-hydrogen) atoms. The third-order valence-electron chi connectivity index (χ3n) is 2.33.